The second-order valence-corrected chi connectivity index (χ2v) is 4.89. The number of nitrogens with zero attached hydrogens (tertiary/aromatic N) is 3. The van der Waals surface area contributed by atoms with Gasteiger partial charge < -0.3 is 4.74 Å². The van der Waals surface area contributed by atoms with Crippen LogP contribution in [0.3, 0.4) is 0 Å². The normalized spacial score (nSPS) is 10.7. The number of halogens is 1. The van der Waals surface area contributed by atoms with Crippen molar-refractivity contribution >= 4 is 21.7 Å². The Balaban J connectivity index is 3.54. The lowest BCUT2D eigenvalue weighted by atomic mass is 10.1. The highest BCUT2D eigenvalue weighted by molar-refractivity contribution is 9.10. The molecule has 0 aliphatic carbocycles. The van der Waals surface area contributed by atoms with E-state index in [1.54, 1.807) is 13.8 Å². The third-order valence-electron chi connectivity index (χ3n) is 1.30. The van der Waals surface area contributed by atoms with Crippen molar-refractivity contribution in [3.05, 3.63) is 10.4 Å². The Hall–Kier alpha value is -0.580. The van der Waals surface area contributed by atoms with Gasteiger partial charge in [-0.15, -0.1) is 0 Å². The molecule has 0 aromatic carbocycles. The highest BCUT2D eigenvalue weighted by Gasteiger charge is 2.22. The largest absolute Gasteiger partial charge is 0.373 e. The smallest absolute Gasteiger partial charge is 0.174 e. The molecule has 0 aliphatic heterocycles. The van der Waals surface area contributed by atoms with E-state index in [0.717, 1.165) is 0 Å². The molecule has 0 unspecified atom stereocenters. The van der Waals surface area contributed by atoms with E-state index in [1.807, 2.05) is 0 Å². The minimum atomic E-state index is -0.550. The molecule has 0 amide bonds. The van der Waals surface area contributed by atoms with E-state index in [0.29, 0.717) is 0 Å². The lowest BCUT2D eigenvalue weighted by molar-refractivity contribution is -0.124. The van der Waals surface area contributed by atoms with Crippen molar-refractivity contribution in [3.63, 3.8) is 0 Å². The lowest BCUT2D eigenvalue weighted by Crippen LogP contribution is -2.28. The van der Waals surface area contributed by atoms with Crippen LogP contribution in [0.1, 0.15) is 13.8 Å². The van der Waals surface area contributed by atoms with Crippen LogP contribution >= 0.6 is 15.9 Å². The van der Waals surface area contributed by atoms with Crippen molar-refractivity contribution in [2.75, 3.05) is 19.8 Å². The number of Topliss-reactive ketones (excluding diaryl/α,β-unsaturated/α-hetero) is 1. The summed E-state index contributed by atoms with van der Waals surface area (Å²) in [5.74, 6) is -0.0339. The van der Waals surface area contributed by atoms with Crippen molar-refractivity contribution in [1.82, 2.24) is 0 Å². The topological polar surface area (TPSA) is 75.1 Å². The van der Waals surface area contributed by atoms with Gasteiger partial charge in [0.15, 0.2) is 5.78 Å². The van der Waals surface area contributed by atoms with Crippen LogP contribution in [-0.4, -0.2) is 29.9 Å². The van der Waals surface area contributed by atoms with Crippen molar-refractivity contribution in [1.29, 1.82) is 0 Å². The zero-order valence-corrected chi connectivity index (χ0v) is 9.24. The SMILES string of the molecule is CC(C)(Br)C(=O)COCCN=[N+]=[N-]. The summed E-state index contributed by atoms with van der Waals surface area (Å²) in [7, 11) is 0. The lowest BCUT2D eigenvalue weighted by Gasteiger charge is -2.13. The Morgan fingerprint density at radius 2 is 2.31 bits per heavy atom. The van der Waals surface area contributed by atoms with Gasteiger partial charge in [-0.05, 0) is 19.4 Å². The van der Waals surface area contributed by atoms with Gasteiger partial charge in [-0.1, -0.05) is 21.0 Å². The molecule has 0 heterocycles. The monoisotopic (exact) mass is 249 g/mol. The summed E-state index contributed by atoms with van der Waals surface area (Å²) in [5.41, 5.74) is 7.93. The van der Waals surface area contributed by atoms with Gasteiger partial charge in [-0.3, -0.25) is 4.79 Å². The van der Waals surface area contributed by atoms with Gasteiger partial charge in [0.2, 0.25) is 0 Å². The van der Waals surface area contributed by atoms with Crippen molar-refractivity contribution < 1.29 is 9.53 Å². The van der Waals surface area contributed by atoms with Gasteiger partial charge in [-0.2, -0.15) is 0 Å². The van der Waals surface area contributed by atoms with E-state index in [1.165, 1.54) is 0 Å². The predicted molar refractivity (Wildman–Crippen MR) is 52.8 cm³/mol. The number of alkyl halides is 1. The van der Waals surface area contributed by atoms with Crippen LogP contribution in [0.5, 0.6) is 0 Å². The molecule has 0 rings (SSSR count). The van der Waals surface area contributed by atoms with Crippen LogP contribution < -0.4 is 0 Å². The quantitative estimate of drug-likeness (QED) is 0.238. The Labute approximate surface area is 85.2 Å². The molecular formula is C7H12BrN3O2. The molecule has 0 saturated heterocycles. The van der Waals surface area contributed by atoms with Crippen LogP contribution in [0, 0.1) is 0 Å². The maximum atomic E-state index is 11.2. The summed E-state index contributed by atoms with van der Waals surface area (Å²) >= 11 is 3.22. The van der Waals surface area contributed by atoms with Crippen LogP contribution in [0.2, 0.25) is 0 Å². The van der Waals surface area contributed by atoms with Crippen LogP contribution in [0.25, 0.3) is 10.4 Å². The highest BCUT2D eigenvalue weighted by Crippen LogP contribution is 2.16. The molecule has 0 aliphatic rings. The molecule has 0 radical (unpaired) electrons. The van der Waals surface area contributed by atoms with Gasteiger partial charge in [-0.25, -0.2) is 0 Å². The van der Waals surface area contributed by atoms with Crippen molar-refractivity contribution in [2.24, 2.45) is 5.11 Å². The number of azide groups is 1. The van der Waals surface area contributed by atoms with Crippen LogP contribution in [0.15, 0.2) is 5.11 Å². The summed E-state index contributed by atoms with van der Waals surface area (Å²) in [4.78, 5) is 13.8. The zero-order chi connectivity index (χ0) is 10.3. The molecule has 0 aromatic heterocycles. The number of hydrogen-bond donors (Lipinski definition) is 0. The number of rotatable bonds is 6. The minimum Gasteiger partial charge on any atom is -0.373 e. The number of ether oxygens (including phenoxy) is 1. The molecule has 13 heavy (non-hydrogen) atoms. The first-order chi connectivity index (χ1) is 5.98. The highest BCUT2D eigenvalue weighted by atomic mass is 79.9. The standard InChI is InChI=1S/C7H12BrN3O2/c1-7(2,8)6(12)5-13-4-3-10-11-9/h3-5H2,1-2H3. The van der Waals surface area contributed by atoms with E-state index in [9.17, 15) is 4.79 Å². The summed E-state index contributed by atoms with van der Waals surface area (Å²) in [5, 5.41) is 3.26. The predicted octanol–water partition coefficient (Wildman–Crippen LogP) is 2.06. The molecular weight excluding hydrogens is 238 g/mol. The number of ketones is 1. The second-order valence-electron chi connectivity index (χ2n) is 2.90. The number of carbonyl (C=O) groups is 1. The third-order valence-corrected chi connectivity index (χ3v) is 1.74. The Bertz CT molecular complexity index is 218. The molecule has 6 heteroatoms. The summed E-state index contributed by atoms with van der Waals surface area (Å²) in [6.45, 7) is 4.09. The van der Waals surface area contributed by atoms with Gasteiger partial charge in [0, 0.05) is 11.5 Å². The fourth-order valence-electron chi connectivity index (χ4n) is 0.487. The first kappa shape index (κ1) is 12.4. The fourth-order valence-corrected chi connectivity index (χ4v) is 0.601. The molecule has 0 saturated carbocycles. The molecule has 5 nitrogen and oxygen atoms in total. The maximum absolute atomic E-state index is 11.2. The number of hydrogen-bond acceptors (Lipinski definition) is 3. The molecule has 0 spiro atoms. The summed E-state index contributed by atoms with van der Waals surface area (Å²) < 4.78 is 4.43. The van der Waals surface area contributed by atoms with E-state index >= 15 is 0 Å². The zero-order valence-electron chi connectivity index (χ0n) is 7.66. The first-order valence-corrected chi connectivity index (χ1v) is 4.58. The van der Waals surface area contributed by atoms with E-state index < -0.39 is 4.32 Å². The molecule has 0 bridgehead atoms. The van der Waals surface area contributed by atoms with Crippen molar-refractivity contribution in [2.45, 2.75) is 18.2 Å². The Morgan fingerprint density at radius 3 is 2.77 bits per heavy atom. The minimum absolute atomic E-state index is 0.0339. The fraction of sp³-hybridized carbons (Fsp3) is 0.857. The Morgan fingerprint density at radius 1 is 1.69 bits per heavy atom. The van der Waals surface area contributed by atoms with Gasteiger partial charge in [0.1, 0.15) is 6.61 Å². The van der Waals surface area contributed by atoms with Crippen LogP contribution in [0.4, 0.5) is 0 Å². The van der Waals surface area contributed by atoms with Gasteiger partial charge in [0.25, 0.3) is 0 Å². The average Bonchev–Trinajstić information content (AvgIpc) is 2.02. The summed E-state index contributed by atoms with van der Waals surface area (Å²) in [6.07, 6.45) is 0. The summed E-state index contributed by atoms with van der Waals surface area (Å²) in [6, 6.07) is 0. The van der Waals surface area contributed by atoms with E-state index in [2.05, 4.69) is 26.0 Å². The van der Waals surface area contributed by atoms with E-state index in [-0.39, 0.29) is 25.5 Å². The van der Waals surface area contributed by atoms with Gasteiger partial charge >= 0.3 is 0 Å². The Kier molecular flexibility index (Phi) is 5.70. The van der Waals surface area contributed by atoms with E-state index in [4.69, 9.17) is 10.3 Å². The van der Waals surface area contributed by atoms with Gasteiger partial charge in [0.05, 0.1) is 10.9 Å². The first-order valence-electron chi connectivity index (χ1n) is 3.79. The molecule has 0 fully saturated rings. The average molecular weight is 250 g/mol. The third kappa shape index (κ3) is 6.57. The molecule has 0 aromatic rings. The molecule has 0 atom stereocenters. The van der Waals surface area contributed by atoms with Crippen molar-refractivity contribution in [3.8, 4) is 0 Å². The van der Waals surface area contributed by atoms with Crippen LogP contribution in [-0.2, 0) is 9.53 Å². The number of carbonyl (C=O) groups excluding carboxylic acids is 1. The molecule has 0 N–H and O–H groups in total. The maximum Gasteiger partial charge on any atom is 0.174 e. The molecule has 74 valence electrons. The second kappa shape index (κ2) is 5.96.